The molecule has 0 bridgehead atoms. The Morgan fingerprint density at radius 2 is 1.08 bits per heavy atom. The molecule has 0 unspecified atom stereocenters. The Bertz CT molecular complexity index is 1970. The second kappa shape index (κ2) is 16.3. The van der Waals surface area contributed by atoms with E-state index < -0.39 is 12.5 Å². The van der Waals surface area contributed by atoms with Crippen molar-refractivity contribution in [3.63, 3.8) is 0 Å². The molecular weight excluding hydrogens is 636 g/mol. The van der Waals surface area contributed by atoms with Crippen LogP contribution in [-0.4, -0.2) is 63.9 Å². The van der Waals surface area contributed by atoms with E-state index in [2.05, 4.69) is 89.3 Å². The van der Waals surface area contributed by atoms with Gasteiger partial charge in [0.2, 0.25) is 11.8 Å². The standard InChI is InChI=1S/C18H20N6O.C17H18N6O2/c1-4-18(25)21-13-8-15-14(19-10-13)5-6-16(22-15)23-17-7-12(11(2)3)9-20-24-17;1-10(2)11-5-16(23-19-7-11)22-15-4-3-13-14(21-15)6-12(8-18-13)20-17(25)9-24/h5-11H,4H2,1-3H3,(H,21,25)(H,22,23,24);3-8,10,24H,9H2,1-2H3,(H,20,25)(H,21,22,23). The lowest BCUT2D eigenvalue weighted by molar-refractivity contribution is -0.118. The number of fused-ring (bicyclic) bond motifs is 2. The number of pyridine rings is 4. The number of carbonyl (C=O) groups is 2. The van der Waals surface area contributed by atoms with Crippen molar-refractivity contribution in [3.8, 4) is 0 Å². The van der Waals surface area contributed by atoms with Crippen molar-refractivity contribution in [2.24, 2.45) is 0 Å². The molecule has 0 aliphatic carbocycles. The van der Waals surface area contributed by atoms with Crippen LogP contribution in [0.3, 0.4) is 0 Å². The third kappa shape index (κ3) is 9.44. The molecule has 0 fully saturated rings. The van der Waals surface area contributed by atoms with Gasteiger partial charge in [-0.25, -0.2) is 9.97 Å². The van der Waals surface area contributed by atoms with Crippen molar-refractivity contribution in [1.82, 2.24) is 40.3 Å². The highest BCUT2D eigenvalue weighted by molar-refractivity contribution is 5.93. The van der Waals surface area contributed by atoms with Gasteiger partial charge in [-0.15, -0.1) is 10.2 Å². The SMILES string of the molecule is CC(C)c1cnnc(Nc2ccc3ncc(NC(=O)CO)cc3n2)c1.CCC(=O)Nc1cnc2ccc(Nc3cc(C(C)C)cnn3)nc2c1. The van der Waals surface area contributed by atoms with Crippen LogP contribution in [0.2, 0.25) is 0 Å². The van der Waals surface area contributed by atoms with Crippen molar-refractivity contribution in [2.45, 2.75) is 52.9 Å². The van der Waals surface area contributed by atoms with Gasteiger partial charge in [0.25, 0.3) is 0 Å². The van der Waals surface area contributed by atoms with E-state index >= 15 is 0 Å². The zero-order chi connectivity index (χ0) is 35.6. The number of hydrogen-bond acceptors (Lipinski definition) is 13. The second-order valence-electron chi connectivity index (χ2n) is 11.8. The van der Waals surface area contributed by atoms with Crippen LogP contribution in [-0.2, 0) is 9.59 Å². The molecule has 15 nitrogen and oxygen atoms in total. The summed E-state index contributed by atoms with van der Waals surface area (Å²) in [6.45, 7) is 9.60. The van der Waals surface area contributed by atoms with Gasteiger partial charge in [-0.05, 0) is 71.5 Å². The Morgan fingerprint density at radius 3 is 1.50 bits per heavy atom. The molecule has 50 heavy (non-hydrogen) atoms. The van der Waals surface area contributed by atoms with Crippen molar-refractivity contribution >= 4 is 68.5 Å². The van der Waals surface area contributed by atoms with Crippen molar-refractivity contribution in [2.75, 3.05) is 27.9 Å². The number of aliphatic hydroxyl groups excluding tert-OH is 1. The number of aliphatic hydroxyl groups is 1. The van der Waals surface area contributed by atoms with Crippen molar-refractivity contribution in [1.29, 1.82) is 0 Å². The van der Waals surface area contributed by atoms with Gasteiger partial charge in [-0.2, -0.15) is 10.2 Å². The maximum atomic E-state index is 11.5. The van der Waals surface area contributed by atoms with Gasteiger partial charge < -0.3 is 26.4 Å². The first-order valence-corrected chi connectivity index (χ1v) is 16.0. The summed E-state index contributed by atoms with van der Waals surface area (Å²) in [6.07, 6.45) is 7.06. The number of anilines is 6. The van der Waals surface area contributed by atoms with E-state index in [1.807, 2.05) is 30.3 Å². The molecule has 0 saturated carbocycles. The van der Waals surface area contributed by atoms with E-state index in [1.165, 1.54) is 6.20 Å². The Kier molecular flexibility index (Phi) is 11.4. The van der Waals surface area contributed by atoms with Crippen LogP contribution in [0, 0.1) is 0 Å². The van der Waals surface area contributed by atoms with Gasteiger partial charge in [-0.3, -0.25) is 19.6 Å². The zero-order valence-electron chi connectivity index (χ0n) is 28.3. The molecule has 6 aromatic rings. The van der Waals surface area contributed by atoms with E-state index in [4.69, 9.17) is 5.11 Å². The first-order chi connectivity index (χ1) is 24.1. The largest absolute Gasteiger partial charge is 0.387 e. The van der Waals surface area contributed by atoms with E-state index in [1.54, 1.807) is 43.7 Å². The Balaban J connectivity index is 0.000000194. The summed E-state index contributed by atoms with van der Waals surface area (Å²) in [5.74, 6) is 2.64. The Labute approximate surface area is 288 Å². The van der Waals surface area contributed by atoms with Crippen LogP contribution in [0.1, 0.15) is 64.0 Å². The topological polar surface area (TPSA) is 206 Å². The van der Waals surface area contributed by atoms with Crippen LogP contribution >= 0.6 is 0 Å². The minimum atomic E-state index is -0.585. The molecule has 0 aliphatic heterocycles. The number of hydrogen-bond donors (Lipinski definition) is 5. The van der Waals surface area contributed by atoms with E-state index in [0.29, 0.717) is 69.5 Å². The summed E-state index contributed by atoms with van der Waals surface area (Å²) in [6, 6.07) is 14.7. The molecule has 0 aromatic carbocycles. The third-order valence-corrected chi connectivity index (χ3v) is 7.30. The van der Waals surface area contributed by atoms with Crippen LogP contribution < -0.4 is 21.3 Å². The minimum absolute atomic E-state index is 0.0591. The fourth-order valence-corrected chi connectivity index (χ4v) is 4.52. The monoisotopic (exact) mass is 674 g/mol. The summed E-state index contributed by atoms with van der Waals surface area (Å²) in [7, 11) is 0. The fraction of sp³-hybridized carbons (Fsp3) is 0.257. The molecule has 0 saturated heterocycles. The maximum absolute atomic E-state index is 11.5. The number of rotatable bonds is 10. The predicted molar refractivity (Wildman–Crippen MR) is 193 cm³/mol. The van der Waals surface area contributed by atoms with Crippen LogP contribution in [0.15, 0.2) is 73.3 Å². The predicted octanol–water partition coefficient (Wildman–Crippen LogP) is 5.85. The summed E-state index contributed by atoms with van der Waals surface area (Å²) < 4.78 is 0. The molecule has 0 aliphatic rings. The highest BCUT2D eigenvalue weighted by atomic mass is 16.3. The van der Waals surface area contributed by atoms with Gasteiger partial charge in [0.15, 0.2) is 11.6 Å². The Hall–Kier alpha value is -6.22. The molecule has 5 N–H and O–H groups in total. The lowest BCUT2D eigenvalue weighted by atomic mass is 10.1. The van der Waals surface area contributed by atoms with Crippen LogP contribution in [0.25, 0.3) is 22.1 Å². The molecule has 256 valence electrons. The van der Waals surface area contributed by atoms with E-state index in [9.17, 15) is 9.59 Å². The molecule has 6 heterocycles. The minimum Gasteiger partial charge on any atom is -0.387 e. The summed E-state index contributed by atoms with van der Waals surface area (Å²) in [4.78, 5) is 40.4. The average molecular weight is 675 g/mol. The molecule has 0 spiro atoms. The maximum Gasteiger partial charge on any atom is 0.250 e. The molecule has 2 amide bonds. The second-order valence-corrected chi connectivity index (χ2v) is 11.8. The molecule has 0 radical (unpaired) electrons. The highest BCUT2D eigenvalue weighted by Crippen LogP contribution is 2.23. The van der Waals surface area contributed by atoms with Gasteiger partial charge in [0, 0.05) is 6.42 Å². The quantitative estimate of drug-likeness (QED) is 0.116. The van der Waals surface area contributed by atoms with Gasteiger partial charge >= 0.3 is 0 Å². The number of carbonyl (C=O) groups excluding carboxylic acids is 2. The molecular formula is C35H38N12O3. The number of amides is 2. The van der Waals surface area contributed by atoms with Gasteiger partial charge in [-0.1, -0.05) is 34.6 Å². The molecule has 0 atom stereocenters. The summed E-state index contributed by atoms with van der Waals surface area (Å²) in [5, 5.41) is 36.6. The lowest BCUT2D eigenvalue weighted by Crippen LogP contribution is -2.15. The zero-order valence-corrected chi connectivity index (χ0v) is 28.3. The molecule has 15 heteroatoms. The number of aromatic nitrogens is 8. The first-order valence-electron chi connectivity index (χ1n) is 16.0. The number of nitrogens with zero attached hydrogens (tertiary/aromatic N) is 8. The lowest BCUT2D eigenvalue weighted by Gasteiger charge is -2.09. The van der Waals surface area contributed by atoms with Crippen LogP contribution in [0.4, 0.5) is 34.6 Å². The summed E-state index contributed by atoms with van der Waals surface area (Å²) in [5.41, 5.74) is 6.01. The third-order valence-electron chi connectivity index (χ3n) is 7.30. The van der Waals surface area contributed by atoms with Gasteiger partial charge in [0.1, 0.15) is 18.2 Å². The Morgan fingerprint density at radius 1 is 0.620 bits per heavy atom. The average Bonchev–Trinajstić information content (AvgIpc) is 3.11. The fourth-order valence-electron chi connectivity index (χ4n) is 4.52. The molecule has 6 rings (SSSR count). The van der Waals surface area contributed by atoms with E-state index in [-0.39, 0.29) is 5.91 Å². The molecule has 6 aromatic heterocycles. The van der Waals surface area contributed by atoms with Gasteiger partial charge in [0.05, 0.1) is 58.2 Å². The van der Waals surface area contributed by atoms with E-state index in [0.717, 1.165) is 16.6 Å². The smallest absolute Gasteiger partial charge is 0.250 e. The van der Waals surface area contributed by atoms with Crippen molar-refractivity contribution < 1.29 is 14.7 Å². The number of nitrogens with one attached hydrogen (secondary N) is 4. The highest BCUT2D eigenvalue weighted by Gasteiger charge is 2.09. The normalized spacial score (nSPS) is 10.9. The first kappa shape index (κ1) is 35.1. The van der Waals surface area contributed by atoms with Crippen LogP contribution in [0.5, 0.6) is 0 Å². The summed E-state index contributed by atoms with van der Waals surface area (Å²) >= 11 is 0. The van der Waals surface area contributed by atoms with Crippen molar-refractivity contribution in [3.05, 3.63) is 84.4 Å².